The Bertz CT molecular complexity index is 381. The van der Waals surface area contributed by atoms with Crippen molar-refractivity contribution in [2.75, 3.05) is 6.54 Å². The summed E-state index contributed by atoms with van der Waals surface area (Å²) in [7, 11) is 1.94. The van der Waals surface area contributed by atoms with E-state index in [2.05, 4.69) is 16.9 Å². The molecule has 0 bridgehead atoms. The molecule has 4 nitrogen and oxygen atoms in total. The van der Waals surface area contributed by atoms with Gasteiger partial charge in [-0.1, -0.05) is 6.42 Å². The lowest BCUT2D eigenvalue weighted by Crippen LogP contribution is -2.38. The van der Waals surface area contributed by atoms with Crippen LogP contribution in [0.5, 0.6) is 0 Å². The van der Waals surface area contributed by atoms with Crippen LogP contribution in [-0.4, -0.2) is 31.8 Å². The normalized spacial score (nSPS) is 23.2. The maximum atomic E-state index is 5.27. The first-order valence-electron chi connectivity index (χ1n) is 5.51. The first kappa shape index (κ1) is 10.8. The number of nitrogens with zero attached hydrogens (tertiary/aromatic N) is 4. The largest absolute Gasteiger partial charge is 0.310 e. The van der Waals surface area contributed by atoms with Crippen LogP contribution < -0.4 is 0 Å². The third-order valence-electron chi connectivity index (χ3n) is 3.14. The van der Waals surface area contributed by atoms with Gasteiger partial charge >= 0.3 is 0 Å². The third-order valence-corrected chi connectivity index (χ3v) is 3.64. The standard InChI is InChI=1S/C10H18N4S/c1-9-5-3-4-6-13(9)8-14-10(15)12(2)7-11-14/h7,9H,3-6,8H2,1-2H3/t9-/m0/s1. The van der Waals surface area contributed by atoms with Crippen molar-refractivity contribution < 1.29 is 0 Å². The number of hydrogen-bond donors (Lipinski definition) is 0. The Hall–Kier alpha value is -0.680. The summed E-state index contributed by atoms with van der Waals surface area (Å²) in [5, 5.41) is 4.28. The minimum absolute atomic E-state index is 0.655. The van der Waals surface area contributed by atoms with Crippen LogP contribution in [0.15, 0.2) is 6.33 Å². The van der Waals surface area contributed by atoms with E-state index in [1.165, 1.54) is 25.8 Å². The molecule has 5 heteroatoms. The second-order valence-electron chi connectivity index (χ2n) is 4.32. The number of rotatable bonds is 2. The van der Waals surface area contributed by atoms with Crippen LogP contribution in [0.2, 0.25) is 0 Å². The maximum Gasteiger partial charge on any atom is 0.198 e. The van der Waals surface area contributed by atoms with E-state index >= 15 is 0 Å². The van der Waals surface area contributed by atoms with E-state index in [1.54, 1.807) is 6.33 Å². The average molecular weight is 226 g/mol. The monoisotopic (exact) mass is 226 g/mol. The van der Waals surface area contributed by atoms with Gasteiger partial charge in [-0.05, 0) is 32.0 Å². The molecular weight excluding hydrogens is 208 g/mol. The van der Waals surface area contributed by atoms with Crippen LogP contribution in [0.25, 0.3) is 0 Å². The van der Waals surface area contributed by atoms with Gasteiger partial charge in [0.15, 0.2) is 4.77 Å². The Kier molecular flexibility index (Phi) is 3.21. The van der Waals surface area contributed by atoms with Gasteiger partial charge in [0.25, 0.3) is 0 Å². The SMILES string of the molecule is C[C@H]1CCCCN1Cn1ncn(C)c1=S. The molecule has 1 saturated heterocycles. The Balaban J connectivity index is 2.07. The maximum absolute atomic E-state index is 5.27. The molecule has 0 aliphatic carbocycles. The zero-order valence-electron chi connectivity index (χ0n) is 9.39. The molecule has 0 radical (unpaired) electrons. The summed E-state index contributed by atoms with van der Waals surface area (Å²) in [5.41, 5.74) is 0. The highest BCUT2D eigenvalue weighted by Crippen LogP contribution is 2.16. The molecule has 2 rings (SSSR count). The molecule has 0 unspecified atom stereocenters. The molecule has 1 aliphatic heterocycles. The summed E-state index contributed by atoms with van der Waals surface area (Å²) >= 11 is 5.27. The van der Waals surface area contributed by atoms with Crippen LogP contribution in [0, 0.1) is 4.77 Å². The van der Waals surface area contributed by atoms with E-state index in [9.17, 15) is 0 Å². The summed E-state index contributed by atoms with van der Waals surface area (Å²) in [6, 6.07) is 0.655. The van der Waals surface area contributed by atoms with E-state index in [-0.39, 0.29) is 0 Å². The molecule has 1 atom stereocenters. The fraction of sp³-hybridized carbons (Fsp3) is 0.800. The summed E-state index contributed by atoms with van der Waals surface area (Å²) in [4.78, 5) is 2.45. The van der Waals surface area contributed by atoms with Crippen molar-refractivity contribution in [1.29, 1.82) is 0 Å². The van der Waals surface area contributed by atoms with Crippen LogP contribution in [-0.2, 0) is 13.7 Å². The zero-order chi connectivity index (χ0) is 10.8. The molecule has 1 aliphatic rings. The third kappa shape index (κ3) is 2.29. The molecule has 0 N–H and O–H groups in total. The highest BCUT2D eigenvalue weighted by atomic mass is 32.1. The Morgan fingerprint density at radius 1 is 1.53 bits per heavy atom. The molecule has 2 heterocycles. The van der Waals surface area contributed by atoms with E-state index in [0.717, 1.165) is 11.4 Å². The molecule has 0 saturated carbocycles. The van der Waals surface area contributed by atoms with Gasteiger partial charge in [0.05, 0.1) is 6.67 Å². The number of hydrogen-bond acceptors (Lipinski definition) is 3. The van der Waals surface area contributed by atoms with E-state index < -0.39 is 0 Å². The summed E-state index contributed by atoms with van der Waals surface area (Å²) in [6.07, 6.45) is 5.72. The number of aromatic nitrogens is 3. The van der Waals surface area contributed by atoms with Crippen LogP contribution in [0.1, 0.15) is 26.2 Å². The van der Waals surface area contributed by atoms with Crippen molar-refractivity contribution >= 4 is 12.2 Å². The highest BCUT2D eigenvalue weighted by Gasteiger charge is 2.18. The lowest BCUT2D eigenvalue weighted by molar-refractivity contribution is 0.114. The summed E-state index contributed by atoms with van der Waals surface area (Å²) < 4.78 is 4.58. The molecule has 0 aromatic carbocycles. The number of piperidine rings is 1. The Morgan fingerprint density at radius 3 is 2.93 bits per heavy atom. The van der Waals surface area contributed by atoms with E-state index in [4.69, 9.17) is 12.2 Å². The molecular formula is C10H18N4S. The topological polar surface area (TPSA) is 26.0 Å². The molecule has 1 aromatic heterocycles. The predicted octanol–water partition coefficient (Wildman–Crippen LogP) is 1.78. The lowest BCUT2D eigenvalue weighted by atomic mass is 10.0. The van der Waals surface area contributed by atoms with Gasteiger partial charge in [0.1, 0.15) is 6.33 Å². The summed E-state index contributed by atoms with van der Waals surface area (Å²) in [5.74, 6) is 0. The first-order chi connectivity index (χ1) is 7.18. The Labute approximate surface area is 95.5 Å². The van der Waals surface area contributed by atoms with Crippen molar-refractivity contribution in [1.82, 2.24) is 19.2 Å². The van der Waals surface area contributed by atoms with Gasteiger partial charge in [-0.3, -0.25) is 4.90 Å². The quantitative estimate of drug-likeness (QED) is 0.719. The molecule has 84 valence electrons. The van der Waals surface area contributed by atoms with Crippen molar-refractivity contribution in [3.8, 4) is 0 Å². The van der Waals surface area contributed by atoms with Crippen LogP contribution in [0.3, 0.4) is 0 Å². The number of aryl methyl sites for hydroxylation is 1. The highest BCUT2D eigenvalue weighted by molar-refractivity contribution is 7.71. The fourth-order valence-electron chi connectivity index (χ4n) is 2.06. The van der Waals surface area contributed by atoms with Crippen molar-refractivity contribution in [2.45, 2.75) is 38.9 Å². The second kappa shape index (κ2) is 4.45. The second-order valence-corrected chi connectivity index (χ2v) is 4.69. The van der Waals surface area contributed by atoms with Crippen molar-refractivity contribution in [2.24, 2.45) is 7.05 Å². The van der Waals surface area contributed by atoms with E-state index in [1.807, 2.05) is 16.3 Å². The molecule has 0 amide bonds. The zero-order valence-corrected chi connectivity index (χ0v) is 10.2. The van der Waals surface area contributed by atoms with Gasteiger partial charge < -0.3 is 4.57 Å². The fourth-order valence-corrected chi connectivity index (χ4v) is 2.21. The predicted molar refractivity (Wildman–Crippen MR) is 62.1 cm³/mol. The minimum Gasteiger partial charge on any atom is -0.310 e. The molecule has 1 fully saturated rings. The average Bonchev–Trinajstić information content (AvgIpc) is 2.53. The molecule has 1 aromatic rings. The lowest BCUT2D eigenvalue weighted by Gasteiger charge is -2.32. The van der Waals surface area contributed by atoms with Gasteiger partial charge in [-0.15, -0.1) is 0 Å². The van der Waals surface area contributed by atoms with Gasteiger partial charge in [0.2, 0.25) is 0 Å². The van der Waals surface area contributed by atoms with Gasteiger partial charge in [-0.2, -0.15) is 5.10 Å². The van der Waals surface area contributed by atoms with Gasteiger partial charge in [-0.25, -0.2) is 4.68 Å². The molecule has 0 spiro atoms. The number of likely N-dealkylation sites (tertiary alicyclic amines) is 1. The van der Waals surface area contributed by atoms with E-state index in [0.29, 0.717) is 6.04 Å². The smallest absolute Gasteiger partial charge is 0.198 e. The molecule has 15 heavy (non-hydrogen) atoms. The Morgan fingerprint density at radius 2 is 2.33 bits per heavy atom. The van der Waals surface area contributed by atoms with Crippen LogP contribution >= 0.6 is 12.2 Å². The van der Waals surface area contributed by atoms with Gasteiger partial charge in [0, 0.05) is 19.6 Å². The van der Waals surface area contributed by atoms with Crippen LogP contribution in [0.4, 0.5) is 0 Å². The first-order valence-corrected chi connectivity index (χ1v) is 5.92. The van der Waals surface area contributed by atoms with Crippen molar-refractivity contribution in [3.05, 3.63) is 11.1 Å². The minimum atomic E-state index is 0.655. The summed E-state index contributed by atoms with van der Waals surface area (Å²) in [6.45, 7) is 4.28. The van der Waals surface area contributed by atoms with Crippen molar-refractivity contribution in [3.63, 3.8) is 0 Å².